The Morgan fingerprint density at radius 1 is 0.800 bits per heavy atom. The minimum atomic E-state index is -0.302. The lowest BCUT2D eigenvalue weighted by molar-refractivity contribution is 0.186. The highest BCUT2D eigenvalue weighted by Gasteiger charge is 2.21. The summed E-state index contributed by atoms with van der Waals surface area (Å²) in [6.45, 7) is 4.85. The molecule has 3 aromatic carbocycles. The van der Waals surface area contributed by atoms with Crippen molar-refractivity contribution < 1.29 is 9.59 Å². The summed E-state index contributed by atoms with van der Waals surface area (Å²) >= 11 is 0. The standard InChI is InChI=1S/C28H33N5O2/c1-21(23-12-14-25(15-13-23)31-28(35)30-24-10-6-3-7-11-24)29-27(34)32-26-16-18-33(19-17-26)20-22-8-4-2-5-9-22/h2-15,21,26H,16-20H2,1H3,(H2,29,32,34)(H2,30,31,35)/t21-/m1/s1. The number of rotatable bonds is 7. The highest BCUT2D eigenvalue weighted by atomic mass is 16.2. The lowest BCUT2D eigenvalue weighted by Crippen LogP contribution is -2.48. The van der Waals surface area contributed by atoms with Crippen molar-refractivity contribution in [2.75, 3.05) is 23.7 Å². The van der Waals surface area contributed by atoms with Gasteiger partial charge in [-0.05, 0) is 55.2 Å². The summed E-state index contributed by atoms with van der Waals surface area (Å²) in [5.74, 6) is 0. The molecule has 0 spiro atoms. The maximum absolute atomic E-state index is 12.6. The van der Waals surface area contributed by atoms with Gasteiger partial charge in [-0.1, -0.05) is 60.7 Å². The van der Waals surface area contributed by atoms with E-state index in [9.17, 15) is 9.59 Å². The Hall–Kier alpha value is -3.84. The Balaban J connectivity index is 1.18. The highest BCUT2D eigenvalue weighted by Crippen LogP contribution is 2.18. The van der Waals surface area contributed by atoms with E-state index in [4.69, 9.17) is 0 Å². The molecule has 4 rings (SSSR count). The monoisotopic (exact) mass is 471 g/mol. The number of amides is 4. The van der Waals surface area contributed by atoms with Crippen LogP contribution in [0.25, 0.3) is 0 Å². The van der Waals surface area contributed by atoms with Crippen LogP contribution in [0.5, 0.6) is 0 Å². The molecule has 182 valence electrons. The van der Waals surface area contributed by atoms with Crippen molar-refractivity contribution in [2.45, 2.75) is 38.4 Å². The van der Waals surface area contributed by atoms with Crippen LogP contribution >= 0.6 is 0 Å². The molecule has 0 unspecified atom stereocenters. The lowest BCUT2D eigenvalue weighted by Gasteiger charge is -2.32. The second-order valence-electron chi connectivity index (χ2n) is 8.94. The Morgan fingerprint density at radius 2 is 1.37 bits per heavy atom. The molecule has 0 aromatic heterocycles. The maximum atomic E-state index is 12.6. The van der Waals surface area contributed by atoms with E-state index in [2.05, 4.69) is 50.4 Å². The lowest BCUT2D eigenvalue weighted by atomic mass is 10.0. The molecule has 1 saturated heterocycles. The van der Waals surface area contributed by atoms with Gasteiger partial charge in [0.2, 0.25) is 0 Å². The smallest absolute Gasteiger partial charge is 0.323 e. The van der Waals surface area contributed by atoms with E-state index in [-0.39, 0.29) is 24.1 Å². The number of para-hydroxylation sites is 1. The van der Waals surface area contributed by atoms with E-state index < -0.39 is 0 Å². The molecule has 4 N–H and O–H groups in total. The predicted octanol–water partition coefficient (Wildman–Crippen LogP) is 5.36. The molecule has 1 aliphatic heterocycles. The highest BCUT2D eigenvalue weighted by molar-refractivity contribution is 5.99. The van der Waals surface area contributed by atoms with Crippen molar-refractivity contribution in [1.29, 1.82) is 0 Å². The van der Waals surface area contributed by atoms with Crippen molar-refractivity contribution in [2.24, 2.45) is 0 Å². The van der Waals surface area contributed by atoms with Gasteiger partial charge in [0, 0.05) is 37.1 Å². The normalized spacial score (nSPS) is 15.1. The fourth-order valence-electron chi connectivity index (χ4n) is 4.25. The molecular weight excluding hydrogens is 438 g/mol. The first kappa shape index (κ1) is 24.3. The van der Waals surface area contributed by atoms with Gasteiger partial charge < -0.3 is 21.3 Å². The van der Waals surface area contributed by atoms with Gasteiger partial charge in [0.15, 0.2) is 0 Å². The van der Waals surface area contributed by atoms with Crippen LogP contribution in [-0.4, -0.2) is 36.1 Å². The van der Waals surface area contributed by atoms with Crippen molar-refractivity contribution in [3.8, 4) is 0 Å². The number of urea groups is 2. The van der Waals surface area contributed by atoms with Gasteiger partial charge in [-0.25, -0.2) is 9.59 Å². The summed E-state index contributed by atoms with van der Waals surface area (Å²) in [4.78, 5) is 27.1. The first-order valence-corrected chi connectivity index (χ1v) is 12.1. The molecule has 0 saturated carbocycles. The van der Waals surface area contributed by atoms with Crippen LogP contribution < -0.4 is 21.3 Å². The molecule has 0 aliphatic carbocycles. The number of nitrogens with one attached hydrogen (secondary N) is 4. The zero-order valence-corrected chi connectivity index (χ0v) is 20.0. The zero-order valence-electron chi connectivity index (χ0n) is 20.0. The van der Waals surface area contributed by atoms with E-state index in [1.165, 1.54) is 5.56 Å². The average Bonchev–Trinajstić information content (AvgIpc) is 2.87. The van der Waals surface area contributed by atoms with E-state index in [1.807, 2.05) is 67.6 Å². The van der Waals surface area contributed by atoms with Gasteiger partial charge in [0.25, 0.3) is 0 Å². The molecule has 7 heteroatoms. The van der Waals surface area contributed by atoms with E-state index in [0.717, 1.165) is 43.7 Å². The van der Waals surface area contributed by atoms with Crippen LogP contribution in [0.1, 0.15) is 36.9 Å². The van der Waals surface area contributed by atoms with Gasteiger partial charge >= 0.3 is 12.1 Å². The fourth-order valence-corrected chi connectivity index (χ4v) is 4.25. The van der Waals surface area contributed by atoms with E-state index in [1.54, 1.807) is 0 Å². The largest absolute Gasteiger partial charge is 0.335 e. The number of carbonyl (C=O) groups excluding carboxylic acids is 2. The van der Waals surface area contributed by atoms with Crippen LogP contribution in [0, 0.1) is 0 Å². The van der Waals surface area contributed by atoms with Crippen molar-refractivity contribution in [3.63, 3.8) is 0 Å². The minimum absolute atomic E-state index is 0.150. The third-order valence-electron chi connectivity index (χ3n) is 6.22. The fraction of sp³-hybridized carbons (Fsp3) is 0.286. The molecule has 0 radical (unpaired) electrons. The molecule has 0 bridgehead atoms. The summed E-state index contributed by atoms with van der Waals surface area (Å²) < 4.78 is 0. The van der Waals surface area contributed by atoms with Crippen molar-refractivity contribution in [1.82, 2.24) is 15.5 Å². The maximum Gasteiger partial charge on any atom is 0.323 e. The number of nitrogens with zero attached hydrogens (tertiary/aromatic N) is 1. The second-order valence-corrected chi connectivity index (χ2v) is 8.94. The molecule has 3 aromatic rings. The number of piperidine rings is 1. The number of likely N-dealkylation sites (tertiary alicyclic amines) is 1. The van der Waals surface area contributed by atoms with Gasteiger partial charge in [-0.3, -0.25) is 4.90 Å². The van der Waals surface area contributed by atoms with Gasteiger partial charge in [0.05, 0.1) is 6.04 Å². The van der Waals surface area contributed by atoms with Crippen LogP contribution in [-0.2, 0) is 6.54 Å². The summed E-state index contributed by atoms with van der Waals surface area (Å²) in [6, 6.07) is 26.8. The number of anilines is 2. The summed E-state index contributed by atoms with van der Waals surface area (Å²) in [5, 5.41) is 11.8. The Kier molecular flexibility index (Phi) is 8.35. The molecular formula is C28H33N5O2. The molecule has 1 fully saturated rings. The number of benzene rings is 3. The average molecular weight is 472 g/mol. The molecule has 1 atom stereocenters. The summed E-state index contributed by atoms with van der Waals surface area (Å²) in [5.41, 5.74) is 3.70. The first-order valence-electron chi connectivity index (χ1n) is 12.1. The van der Waals surface area contributed by atoms with Gasteiger partial charge in [0.1, 0.15) is 0 Å². The summed E-state index contributed by atoms with van der Waals surface area (Å²) in [7, 11) is 0. The number of hydrogen-bond acceptors (Lipinski definition) is 3. The third kappa shape index (κ3) is 7.58. The van der Waals surface area contributed by atoms with Crippen LogP contribution in [0.15, 0.2) is 84.9 Å². The third-order valence-corrected chi connectivity index (χ3v) is 6.22. The summed E-state index contributed by atoms with van der Waals surface area (Å²) in [6.07, 6.45) is 1.89. The molecule has 35 heavy (non-hydrogen) atoms. The van der Waals surface area contributed by atoms with Crippen LogP contribution in [0.3, 0.4) is 0 Å². The van der Waals surface area contributed by atoms with Crippen LogP contribution in [0.2, 0.25) is 0 Å². The Bertz CT molecular complexity index is 1080. The SMILES string of the molecule is C[C@@H](NC(=O)NC1CCN(Cc2ccccc2)CC1)c1ccc(NC(=O)Nc2ccccc2)cc1. The van der Waals surface area contributed by atoms with E-state index >= 15 is 0 Å². The van der Waals surface area contributed by atoms with E-state index in [0.29, 0.717) is 5.69 Å². The Labute approximate surface area is 206 Å². The van der Waals surface area contributed by atoms with Crippen molar-refractivity contribution >= 4 is 23.4 Å². The first-order chi connectivity index (χ1) is 17.0. The zero-order chi connectivity index (χ0) is 24.5. The predicted molar refractivity (Wildman–Crippen MR) is 140 cm³/mol. The van der Waals surface area contributed by atoms with Crippen LogP contribution in [0.4, 0.5) is 21.0 Å². The number of carbonyl (C=O) groups is 2. The molecule has 4 amide bonds. The second kappa shape index (κ2) is 12.0. The number of hydrogen-bond donors (Lipinski definition) is 4. The molecule has 1 aliphatic rings. The van der Waals surface area contributed by atoms with Gasteiger partial charge in [-0.2, -0.15) is 0 Å². The minimum Gasteiger partial charge on any atom is -0.335 e. The Morgan fingerprint density at radius 3 is 2.00 bits per heavy atom. The van der Waals surface area contributed by atoms with Gasteiger partial charge in [-0.15, -0.1) is 0 Å². The quantitative estimate of drug-likeness (QED) is 0.374. The molecule has 1 heterocycles. The molecule has 7 nitrogen and oxygen atoms in total. The topological polar surface area (TPSA) is 85.5 Å². The van der Waals surface area contributed by atoms with Crippen molar-refractivity contribution in [3.05, 3.63) is 96.1 Å².